The van der Waals surface area contributed by atoms with Crippen molar-refractivity contribution in [2.24, 2.45) is 0 Å². The van der Waals surface area contributed by atoms with Gasteiger partial charge in [0.2, 0.25) is 5.88 Å². The van der Waals surface area contributed by atoms with Crippen molar-refractivity contribution in [1.29, 1.82) is 0 Å². The number of H-pyrrole nitrogens is 1. The normalized spacial score (nSPS) is 12.6. The van der Waals surface area contributed by atoms with E-state index in [1.165, 1.54) is 0 Å². The molecule has 1 aromatic heterocycles. The highest BCUT2D eigenvalue weighted by atomic mass is 19.3. The van der Waals surface area contributed by atoms with E-state index in [0.29, 0.717) is 0 Å². The molecule has 0 aliphatic rings. The number of nitrogens with zero attached hydrogens (tertiary/aromatic N) is 1. The van der Waals surface area contributed by atoms with Gasteiger partial charge in [-0.05, 0) is 12.5 Å². The van der Waals surface area contributed by atoms with Crippen LogP contribution in [0, 0.1) is 0 Å². The van der Waals surface area contributed by atoms with E-state index in [1.807, 2.05) is 6.07 Å². The summed E-state index contributed by atoms with van der Waals surface area (Å²) in [6.07, 6.45) is -1.78. The van der Waals surface area contributed by atoms with Gasteiger partial charge in [0.25, 0.3) is 0 Å². The van der Waals surface area contributed by atoms with Crippen LogP contribution in [0.15, 0.2) is 36.4 Å². The van der Waals surface area contributed by atoms with Gasteiger partial charge in [-0.2, -0.15) is 8.78 Å². The van der Waals surface area contributed by atoms with Crippen molar-refractivity contribution in [3.05, 3.63) is 47.7 Å². The summed E-state index contributed by atoms with van der Waals surface area (Å²) in [6.45, 7) is 0.00257. The van der Waals surface area contributed by atoms with Crippen LogP contribution in [0.5, 0.6) is 5.88 Å². The molecular weight excluding hydrogens is 350 g/mol. The highest BCUT2D eigenvalue weighted by Crippen LogP contribution is 2.24. The number of carbonyl (C=O) groups is 1. The molecule has 0 amide bonds. The Labute approximate surface area is 148 Å². The van der Waals surface area contributed by atoms with Crippen LogP contribution in [0.25, 0.3) is 0 Å². The first-order chi connectivity index (χ1) is 12.5. The summed E-state index contributed by atoms with van der Waals surface area (Å²) in [4.78, 5) is 11.6. The summed E-state index contributed by atoms with van der Waals surface area (Å²) < 4.78 is 43.1. The van der Waals surface area contributed by atoms with E-state index in [2.05, 4.69) is 10.2 Å². The summed E-state index contributed by atoms with van der Waals surface area (Å²) in [7, 11) is 0. The van der Waals surface area contributed by atoms with Gasteiger partial charge in [0.05, 0.1) is 19.8 Å². The SMILES string of the molecule is CCOC(=O)c1cc(OC(COCc2ccccc2)C(F)(F)CO)n[nH]1. The minimum Gasteiger partial charge on any atom is -0.464 e. The molecule has 1 heterocycles. The smallest absolute Gasteiger partial charge is 0.356 e. The van der Waals surface area contributed by atoms with Crippen LogP contribution >= 0.6 is 0 Å². The lowest BCUT2D eigenvalue weighted by atomic mass is 10.2. The molecule has 2 aromatic rings. The number of aromatic nitrogens is 2. The zero-order valence-corrected chi connectivity index (χ0v) is 14.2. The molecule has 0 radical (unpaired) electrons. The van der Waals surface area contributed by atoms with E-state index in [1.54, 1.807) is 31.2 Å². The summed E-state index contributed by atoms with van der Waals surface area (Å²) in [5.41, 5.74) is 0.779. The van der Waals surface area contributed by atoms with Gasteiger partial charge >= 0.3 is 11.9 Å². The fourth-order valence-electron chi connectivity index (χ4n) is 2.02. The first kappa shape index (κ1) is 19.8. The number of hydrogen-bond donors (Lipinski definition) is 2. The zero-order valence-electron chi connectivity index (χ0n) is 14.2. The summed E-state index contributed by atoms with van der Waals surface area (Å²) in [6, 6.07) is 10.2. The fourth-order valence-corrected chi connectivity index (χ4v) is 2.02. The standard InChI is InChI=1S/C17H20F2N2O5/c1-2-25-16(23)13-8-15(21-20-13)26-14(17(18,19)11-22)10-24-9-12-6-4-3-5-7-12/h3-8,14,22H,2,9-11H2,1H3,(H,20,21). The Morgan fingerprint density at radius 1 is 1.35 bits per heavy atom. The lowest BCUT2D eigenvalue weighted by molar-refractivity contribution is -0.148. The second-order valence-corrected chi connectivity index (χ2v) is 5.37. The van der Waals surface area contributed by atoms with Gasteiger partial charge in [-0.1, -0.05) is 30.3 Å². The van der Waals surface area contributed by atoms with Crippen LogP contribution in [0.3, 0.4) is 0 Å². The third-order valence-corrected chi connectivity index (χ3v) is 3.38. The number of alkyl halides is 2. The summed E-state index contributed by atoms with van der Waals surface area (Å²) in [5.74, 6) is -4.46. The Morgan fingerprint density at radius 2 is 2.08 bits per heavy atom. The van der Waals surface area contributed by atoms with Crippen molar-refractivity contribution in [2.75, 3.05) is 19.8 Å². The molecule has 0 fully saturated rings. The van der Waals surface area contributed by atoms with Gasteiger partial charge in [0.1, 0.15) is 12.3 Å². The Hall–Kier alpha value is -2.52. The van der Waals surface area contributed by atoms with Crippen LogP contribution in [-0.2, 0) is 16.1 Å². The molecule has 0 aliphatic carbocycles. The van der Waals surface area contributed by atoms with Crippen LogP contribution < -0.4 is 4.74 Å². The highest BCUT2D eigenvalue weighted by molar-refractivity contribution is 5.87. The maximum atomic E-state index is 13.9. The molecule has 9 heteroatoms. The second kappa shape index (κ2) is 9.25. The number of aliphatic hydroxyl groups excluding tert-OH is 1. The Morgan fingerprint density at radius 3 is 2.73 bits per heavy atom. The van der Waals surface area contributed by atoms with Crippen molar-refractivity contribution in [2.45, 2.75) is 25.6 Å². The van der Waals surface area contributed by atoms with Crippen molar-refractivity contribution in [1.82, 2.24) is 10.2 Å². The number of rotatable bonds is 10. The molecule has 0 aliphatic heterocycles. The van der Waals surface area contributed by atoms with Gasteiger partial charge in [-0.15, -0.1) is 5.10 Å². The molecule has 0 saturated carbocycles. The Balaban J connectivity index is 2.00. The molecule has 0 saturated heterocycles. The molecule has 7 nitrogen and oxygen atoms in total. The van der Waals surface area contributed by atoms with Gasteiger partial charge < -0.3 is 19.3 Å². The Bertz CT molecular complexity index is 693. The van der Waals surface area contributed by atoms with Crippen molar-refractivity contribution in [3.63, 3.8) is 0 Å². The molecule has 0 bridgehead atoms. The van der Waals surface area contributed by atoms with Crippen LogP contribution in [0.2, 0.25) is 0 Å². The number of halogens is 2. The molecule has 0 spiro atoms. The predicted molar refractivity (Wildman–Crippen MR) is 87.1 cm³/mol. The molecule has 26 heavy (non-hydrogen) atoms. The lowest BCUT2D eigenvalue weighted by Crippen LogP contribution is -2.44. The maximum Gasteiger partial charge on any atom is 0.356 e. The third kappa shape index (κ3) is 5.50. The molecular formula is C17H20F2N2O5. The zero-order chi connectivity index (χ0) is 19.0. The quantitative estimate of drug-likeness (QED) is 0.623. The molecule has 1 atom stereocenters. The number of benzene rings is 1. The van der Waals surface area contributed by atoms with E-state index in [9.17, 15) is 13.6 Å². The second-order valence-electron chi connectivity index (χ2n) is 5.37. The minimum absolute atomic E-state index is 0.0295. The highest BCUT2D eigenvalue weighted by Gasteiger charge is 2.41. The average molecular weight is 370 g/mol. The minimum atomic E-state index is -3.56. The van der Waals surface area contributed by atoms with E-state index in [0.717, 1.165) is 11.6 Å². The average Bonchev–Trinajstić information content (AvgIpc) is 3.11. The monoisotopic (exact) mass is 370 g/mol. The van der Waals surface area contributed by atoms with Crippen LogP contribution in [0.1, 0.15) is 23.0 Å². The largest absolute Gasteiger partial charge is 0.464 e. The fraction of sp³-hybridized carbons (Fsp3) is 0.412. The van der Waals surface area contributed by atoms with Crippen molar-refractivity contribution < 1.29 is 32.9 Å². The lowest BCUT2D eigenvalue weighted by Gasteiger charge is -2.25. The van der Waals surface area contributed by atoms with Crippen molar-refractivity contribution in [3.8, 4) is 5.88 Å². The number of ether oxygens (including phenoxy) is 3. The van der Waals surface area contributed by atoms with Crippen LogP contribution in [0.4, 0.5) is 8.78 Å². The van der Waals surface area contributed by atoms with Gasteiger partial charge in [0, 0.05) is 6.07 Å². The van der Waals surface area contributed by atoms with E-state index >= 15 is 0 Å². The van der Waals surface area contributed by atoms with Crippen molar-refractivity contribution >= 4 is 5.97 Å². The molecule has 1 unspecified atom stereocenters. The number of carbonyl (C=O) groups excluding carboxylic acids is 1. The Kier molecular flexibility index (Phi) is 7.05. The molecule has 142 valence electrons. The van der Waals surface area contributed by atoms with E-state index < -0.39 is 31.2 Å². The maximum absolute atomic E-state index is 13.9. The number of esters is 1. The van der Waals surface area contributed by atoms with Crippen LogP contribution in [-0.4, -0.2) is 53.1 Å². The summed E-state index contributed by atoms with van der Waals surface area (Å²) >= 11 is 0. The first-order valence-corrected chi connectivity index (χ1v) is 7.95. The molecule has 1 aromatic carbocycles. The van der Waals surface area contributed by atoms with E-state index in [4.69, 9.17) is 19.3 Å². The van der Waals surface area contributed by atoms with Gasteiger partial charge in [-0.25, -0.2) is 4.79 Å². The summed E-state index contributed by atoms with van der Waals surface area (Å²) in [5, 5.41) is 14.9. The number of aliphatic hydroxyl groups is 1. The van der Waals surface area contributed by atoms with Gasteiger partial charge in [-0.3, -0.25) is 5.10 Å². The molecule has 2 N–H and O–H groups in total. The number of hydrogen-bond acceptors (Lipinski definition) is 6. The predicted octanol–water partition coefficient (Wildman–Crippen LogP) is 2.18. The molecule has 2 rings (SSSR count). The number of nitrogens with one attached hydrogen (secondary N) is 1. The topological polar surface area (TPSA) is 93.7 Å². The third-order valence-electron chi connectivity index (χ3n) is 3.38. The van der Waals surface area contributed by atoms with E-state index in [-0.39, 0.29) is 24.8 Å². The number of aromatic amines is 1. The first-order valence-electron chi connectivity index (χ1n) is 7.95. The van der Waals surface area contributed by atoms with Gasteiger partial charge in [0.15, 0.2) is 6.10 Å².